The summed E-state index contributed by atoms with van der Waals surface area (Å²) in [4.78, 5) is 36.8. The molecule has 0 unspecified atom stereocenters. The lowest BCUT2D eigenvalue weighted by atomic mass is 9.68. The highest BCUT2D eigenvalue weighted by molar-refractivity contribution is 6.04. The number of methoxy groups -OCH3 is 1. The predicted octanol–water partition coefficient (Wildman–Crippen LogP) is 3.39. The molecule has 28 heavy (non-hydrogen) atoms. The summed E-state index contributed by atoms with van der Waals surface area (Å²) >= 11 is 0. The van der Waals surface area contributed by atoms with Gasteiger partial charge in [-0.15, -0.1) is 0 Å². The third-order valence-electron chi connectivity index (χ3n) is 5.12. The van der Waals surface area contributed by atoms with Crippen LogP contribution in [0.4, 0.5) is 0 Å². The molecule has 0 radical (unpaired) electrons. The van der Waals surface area contributed by atoms with Gasteiger partial charge in [0.25, 0.3) is 0 Å². The van der Waals surface area contributed by atoms with E-state index < -0.39 is 17.9 Å². The van der Waals surface area contributed by atoms with Crippen molar-refractivity contribution in [2.45, 2.75) is 46.5 Å². The van der Waals surface area contributed by atoms with Gasteiger partial charge in [0.05, 0.1) is 12.7 Å². The third-order valence-corrected chi connectivity index (χ3v) is 5.12. The predicted molar refractivity (Wildman–Crippen MR) is 103 cm³/mol. The van der Waals surface area contributed by atoms with Crippen molar-refractivity contribution in [2.24, 2.45) is 5.41 Å². The topological polar surface area (TPSA) is 81.7 Å². The molecule has 3 rings (SSSR count). The van der Waals surface area contributed by atoms with Crippen molar-refractivity contribution in [3.05, 3.63) is 52.4 Å². The molecule has 2 aliphatic rings. The molecule has 6 heteroatoms. The number of carbonyl (C=O) groups excluding carboxylic acids is 3. The summed E-state index contributed by atoms with van der Waals surface area (Å²) in [6, 6.07) is 6.89. The van der Waals surface area contributed by atoms with E-state index in [9.17, 15) is 14.4 Å². The Morgan fingerprint density at radius 3 is 2.36 bits per heavy atom. The minimum atomic E-state index is -0.515. The lowest BCUT2D eigenvalue weighted by molar-refractivity contribution is -0.136. The molecule has 1 aliphatic carbocycles. The van der Waals surface area contributed by atoms with Crippen molar-refractivity contribution in [2.75, 3.05) is 7.11 Å². The van der Waals surface area contributed by atoms with Crippen molar-refractivity contribution in [3.63, 3.8) is 0 Å². The fourth-order valence-electron chi connectivity index (χ4n) is 4.04. The Hall–Kier alpha value is -2.89. The van der Waals surface area contributed by atoms with Gasteiger partial charge in [0.1, 0.15) is 5.75 Å². The first-order valence-corrected chi connectivity index (χ1v) is 9.23. The molecule has 1 aromatic carbocycles. The zero-order valence-corrected chi connectivity index (χ0v) is 16.8. The highest BCUT2D eigenvalue weighted by Crippen LogP contribution is 2.46. The molecule has 0 fully saturated rings. The molecule has 0 saturated carbocycles. The molecule has 0 spiro atoms. The van der Waals surface area contributed by atoms with Crippen LogP contribution in [0.3, 0.4) is 0 Å². The Labute approximate surface area is 164 Å². The van der Waals surface area contributed by atoms with E-state index in [1.54, 1.807) is 24.3 Å². The van der Waals surface area contributed by atoms with E-state index in [0.717, 1.165) is 17.7 Å². The van der Waals surface area contributed by atoms with Crippen molar-refractivity contribution in [1.82, 2.24) is 5.32 Å². The second kappa shape index (κ2) is 7.26. The molecule has 0 saturated heterocycles. The van der Waals surface area contributed by atoms with Gasteiger partial charge in [-0.25, -0.2) is 4.79 Å². The average Bonchev–Trinajstić information content (AvgIpc) is 2.59. The molecular formula is C22H25NO5. The first-order valence-electron chi connectivity index (χ1n) is 9.23. The van der Waals surface area contributed by atoms with Crippen molar-refractivity contribution >= 4 is 17.7 Å². The fraction of sp³-hybridized carbons (Fsp3) is 0.409. The standard InChI is InChI=1S/C22H25NO5/c1-12-18(21(26)27-5)19(14-6-8-15(9-7-14)28-13(2)24)20-16(23-12)10-22(3,4)11-17(20)25/h6-9,19,23H,10-11H2,1-5H3/t19-/m1/s1. The number of ketones is 1. The number of rotatable bonds is 3. The molecule has 1 aliphatic heterocycles. The summed E-state index contributed by atoms with van der Waals surface area (Å²) in [5, 5.41) is 3.28. The molecule has 148 valence electrons. The molecule has 1 aromatic rings. The molecule has 6 nitrogen and oxygen atoms in total. The van der Waals surface area contributed by atoms with Crippen LogP contribution in [0.25, 0.3) is 0 Å². The van der Waals surface area contributed by atoms with Crippen LogP contribution in [0.15, 0.2) is 46.8 Å². The first kappa shape index (κ1) is 19.9. The fourth-order valence-corrected chi connectivity index (χ4v) is 4.04. The van der Waals surface area contributed by atoms with Crippen LogP contribution in [0.1, 0.15) is 52.0 Å². The van der Waals surface area contributed by atoms with E-state index in [-0.39, 0.29) is 11.2 Å². The number of benzene rings is 1. The van der Waals surface area contributed by atoms with Crippen LogP contribution in [-0.4, -0.2) is 24.8 Å². The Morgan fingerprint density at radius 2 is 1.79 bits per heavy atom. The van der Waals surface area contributed by atoms with Gasteiger partial charge in [0.2, 0.25) is 0 Å². The van der Waals surface area contributed by atoms with Gasteiger partial charge < -0.3 is 14.8 Å². The summed E-state index contributed by atoms with van der Waals surface area (Å²) in [5.41, 5.74) is 3.22. The third kappa shape index (κ3) is 3.72. The highest BCUT2D eigenvalue weighted by atomic mass is 16.5. The second-order valence-corrected chi connectivity index (χ2v) is 8.08. The molecule has 0 aromatic heterocycles. The van der Waals surface area contributed by atoms with Crippen LogP contribution in [0, 0.1) is 5.41 Å². The van der Waals surface area contributed by atoms with Crippen molar-refractivity contribution < 1.29 is 23.9 Å². The number of esters is 2. The minimum Gasteiger partial charge on any atom is -0.466 e. The van der Waals surface area contributed by atoms with Crippen LogP contribution in [0.2, 0.25) is 0 Å². The van der Waals surface area contributed by atoms with Gasteiger partial charge in [-0.05, 0) is 36.5 Å². The van der Waals surface area contributed by atoms with Gasteiger partial charge in [-0.3, -0.25) is 9.59 Å². The van der Waals surface area contributed by atoms with Crippen LogP contribution >= 0.6 is 0 Å². The first-order chi connectivity index (χ1) is 13.1. The van der Waals surface area contributed by atoms with E-state index >= 15 is 0 Å². The molecule has 1 atom stereocenters. The molecular weight excluding hydrogens is 358 g/mol. The second-order valence-electron chi connectivity index (χ2n) is 8.08. The van der Waals surface area contributed by atoms with E-state index in [0.29, 0.717) is 29.0 Å². The highest BCUT2D eigenvalue weighted by Gasteiger charge is 2.42. The summed E-state index contributed by atoms with van der Waals surface area (Å²) in [6.07, 6.45) is 1.14. The Kier molecular flexibility index (Phi) is 5.15. The van der Waals surface area contributed by atoms with Gasteiger partial charge >= 0.3 is 11.9 Å². The molecule has 1 N–H and O–H groups in total. The number of dihydropyridines is 1. The van der Waals surface area contributed by atoms with Crippen LogP contribution < -0.4 is 10.1 Å². The number of allylic oxidation sites excluding steroid dienone is 3. The lowest BCUT2D eigenvalue weighted by Crippen LogP contribution is -2.38. The molecule has 0 amide bonds. The molecule has 0 bridgehead atoms. The number of carbonyl (C=O) groups is 3. The monoisotopic (exact) mass is 383 g/mol. The maximum atomic E-state index is 13.1. The summed E-state index contributed by atoms with van der Waals surface area (Å²) in [6.45, 7) is 7.28. The number of hydrogen-bond acceptors (Lipinski definition) is 6. The summed E-state index contributed by atoms with van der Waals surface area (Å²) in [7, 11) is 1.33. The maximum Gasteiger partial charge on any atom is 0.336 e. The quantitative estimate of drug-likeness (QED) is 0.636. The molecule has 1 heterocycles. The van der Waals surface area contributed by atoms with Gasteiger partial charge in [-0.2, -0.15) is 0 Å². The Morgan fingerprint density at radius 1 is 1.14 bits per heavy atom. The normalized spacial score (nSPS) is 21.0. The van der Waals surface area contributed by atoms with Gasteiger partial charge in [0.15, 0.2) is 5.78 Å². The van der Waals surface area contributed by atoms with Gasteiger partial charge in [0, 0.05) is 36.2 Å². The van der Waals surface area contributed by atoms with Crippen molar-refractivity contribution in [3.8, 4) is 5.75 Å². The minimum absolute atomic E-state index is 0.0294. The SMILES string of the molecule is COC(=O)C1=C(C)NC2=C(C(=O)CC(C)(C)C2)[C@@H]1c1ccc(OC(C)=O)cc1. The number of nitrogens with one attached hydrogen (secondary N) is 1. The average molecular weight is 383 g/mol. The Balaban J connectivity index is 2.12. The van der Waals surface area contributed by atoms with E-state index in [2.05, 4.69) is 19.2 Å². The number of ether oxygens (including phenoxy) is 2. The zero-order chi connectivity index (χ0) is 20.6. The summed E-state index contributed by atoms with van der Waals surface area (Å²) < 4.78 is 10.1. The van der Waals surface area contributed by atoms with Crippen LogP contribution in [-0.2, 0) is 19.1 Å². The zero-order valence-electron chi connectivity index (χ0n) is 16.8. The van der Waals surface area contributed by atoms with E-state index in [1.165, 1.54) is 14.0 Å². The van der Waals surface area contributed by atoms with Crippen molar-refractivity contribution in [1.29, 1.82) is 0 Å². The lowest BCUT2D eigenvalue weighted by Gasteiger charge is -2.39. The van der Waals surface area contributed by atoms with E-state index in [1.807, 2.05) is 6.92 Å². The smallest absolute Gasteiger partial charge is 0.336 e. The largest absolute Gasteiger partial charge is 0.466 e. The number of hydrogen-bond donors (Lipinski definition) is 1. The van der Waals surface area contributed by atoms with E-state index in [4.69, 9.17) is 9.47 Å². The Bertz CT molecular complexity index is 905. The number of Topliss-reactive ketones (excluding diaryl/α,β-unsaturated/α-hetero) is 1. The maximum absolute atomic E-state index is 13.1. The van der Waals surface area contributed by atoms with Gasteiger partial charge in [-0.1, -0.05) is 26.0 Å². The summed E-state index contributed by atoms with van der Waals surface area (Å²) in [5.74, 6) is -0.949. The van der Waals surface area contributed by atoms with Crippen LogP contribution in [0.5, 0.6) is 5.75 Å².